The van der Waals surface area contributed by atoms with E-state index in [4.69, 9.17) is 10.5 Å². The van der Waals surface area contributed by atoms with E-state index in [0.29, 0.717) is 24.0 Å². The maximum atomic E-state index is 12.8. The van der Waals surface area contributed by atoms with E-state index in [0.717, 1.165) is 25.7 Å². The summed E-state index contributed by atoms with van der Waals surface area (Å²) < 4.78 is 30.9. The van der Waals surface area contributed by atoms with Gasteiger partial charge in [0, 0.05) is 6.07 Å². The van der Waals surface area contributed by atoms with Crippen LogP contribution >= 0.6 is 0 Å². The Morgan fingerprint density at radius 3 is 2.75 bits per heavy atom. The number of benzene rings is 1. The van der Waals surface area contributed by atoms with Crippen LogP contribution in [0.5, 0.6) is 5.75 Å². The second-order valence-corrected chi connectivity index (χ2v) is 7.77. The van der Waals surface area contributed by atoms with Gasteiger partial charge in [-0.3, -0.25) is 0 Å². The molecule has 1 saturated carbocycles. The summed E-state index contributed by atoms with van der Waals surface area (Å²) in [6, 6.07) is 4.89. The fraction of sp³-hybridized carbons (Fsp3) is 0.600. The largest absolute Gasteiger partial charge is 0.494 e. The second-order valence-electron chi connectivity index (χ2n) is 5.57. The van der Waals surface area contributed by atoms with Gasteiger partial charge in [-0.15, -0.1) is 0 Å². The molecular weight excluding hydrogens is 274 g/mol. The minimum atomic E-state index is -3.37. The van der Waals surface area contributed by atoms with Gasteiger partial charge in [-0.25, -0.2) is 8.42 Å². The number of nitrogen functional groups attached to an aromatic ring is 1. The van der Waals surface area contributed by atoms with Crippen LogP contribution < -0.4 is 10.5 Å². The molecule has 2 unspecified atom stereocenters. The van der Waals surface area contributed by atoms with Crippen LogP contribution in [0.3, 0.4) is 0 Å². The van der Waals surface area contributed by atoms with Crippen molar-refractivity contribution in [3.05, 3.63) is 18.2 Å². The van der Waals surface area contributed by atoms with E-state index in [1.165, 1.54) is 0 Å². The van der Waals surface area contributed by atoms with Crippen molar-refractivity contribution < 1.29 is 13.2 Å². The van der Waals surface area contributed by atoms with Crippen molar-refractivity contribution in [3.63, 3.8) is 0 Å². The third-order valence-electron chi connectivity index (χ3n) is 3.93. The molecule has 20 heavy (non-hydrogen) atoms. The third kappa shape index (κ3) is 3.08. The van der Waals surface area contributed by atoms with Gasteiger partial charge in [0.2, 0.25) is 0 Å². The maximum Gasteiger partial charge on any atom is 0.183 e. The van der Waals surface area contributed by atoms with Crippen LogP contribution in [0.15, 0.2) is 23.1 Å². The Hall–Kier alpha value is -1.23. The average molecular weight is 297 g/mol. The first-order valence-corrected chi connectivity index (χ1v) is 8.76. The monoisotopic (exact) mass is 297 g/mol. The van der Waals surface area contributed by atoms with E-state index >= 15 is 0 Å². The number of hydrogen-bond acceptors (Lipinski definition) is 4. The summed E-state index contributed by atoms with van der Waals surface area (Å²) in [6.45, 7) is 4.48. The molecule has 0 aromatic heterocycles. The molecule has 1 fully saturated rings. The Bertz CT molecular complexity index is 568. The number of sulfone groups is 1. The molecule has 0 bridgehead atoms. The highest BCUT2D eigenvalue weighted by molar-refractivity contribution is 7.92. The summed E-state index contributed by atoms with van der Waals surface area (Å²) in [7, 11) is -3.37. The van der Waals surface area contributed by atoms with Crippen molar-refractivity contribution in [2.45, 2.75) is 49.7 Å². The van der Waals surface area contributed by atoms with Crippen molar-refractivity contribution in [3.8, 4) is 5.75 Å². The Balaban J connectivity index is 2.35. The van der Waals surface area contributed by atoms with Crippen molar-refractivity contribution in [2.75, 3.05) is 12.3 Å². The zero-order chi connectivity index (χ0) is 14.8. The number of rotatable bonds is 4. The van der Waals surface area contributed by atoms with Gasteiger partial charge >= 0.3 is 0 Å². The zero-order valence-corrected chi connectivity index (χ0v) is 12.9. The van der Waals surface area contributed by atoms with Crippen LogP contribution in [0.4, 0.5) is 5.69 Å². The van der Waals surface area contributed by atoms with Crippen molar-refractivity contribution >= 4 is 15.5 Å². The Labute approximate surface area is 121 Å². The van der Waals surface area contributed by atoms with E-state index in [9.17, 15) is 8.42 Å². The second kappa shape index (κ2) is 6.04. The SMILES string of the molecule is CCOc1ccc(N)c(S(=O)(=O)C2CCCC(C)C2)c1. The van der Waals surface area contributed by atoms with Crippen molar-refractivity contribution in [1.82, 2.24) is 0 Å². The zero-order valence-electron chi connectivity index (χ0n) is 12.1. The van der Waals surface area contributed by atoms with Gasteiger partial charge in [0.25, 0.3) is 0 Å². The van der Waals surface area contributed by atoms with Gasteiger partial charge in [-0.05, 0) is 37.8 Å². The highest BCUT2D eigenvalue weighted by atomic mass is 32.2. The summed E-state index contributed by atoms with van der Waals surface area (Å²) in [5.41, 5.74) is 6.19. The molecule has 2 rings (SSSR count). The predicted molar refractivity (Wildman–Crippen MR) is 80.6 cm³/mol. The first-order valence-electron chi connectivity index (χ1n) is 7.21. The van der Waals surface area contributed by atoms with Crippen LogP contribution in [0.25, 0.3) is 0 Å². The summed E-state index contributed by atoms with van der Waals surface area (Å²) in [4.78, 5) is 0.225. The minimum absolute atomic E-state index is 0.225. The molecule has 1 aromatic rings. The standard InChI is InChI=1S/C15H23NO3S/c1-3-19-12-7-8-14(16)15(10-12)20(17,18)13-6-4-5-11(2)9-13/h7-8,10-11,13H,3-6,9,16H2,1-2H3. The van der Waals surface area contributed by atoms with Crippen LogP contribution in [-0.4, -0.2) is 20.3 Å². The molecule has 0 amide bonds. The lowest BCUT2D eigenvalue weighted by Gasteiger charge is -2.27. The minimum Gasteiger partial charge on any atom is -0.494 e. The molecule has 0 heterocycles. The van der Waals surface area contributed by atoms with Crippen LogP contribution in [-0.2, 0) is 9.84 Å². The van der Waals surface area contributed by atoms with Crippen LogP contribution in [0.2, 0.25) is 0 Å². The fourth-order valence-corrected chi connectivity index (χ4v) is 4.95. The van der Waals surface area contributed by atoms with Gasteiger partial charge in [0.05, 0.1) is 22.4 Å². The fourth-order valence-electron chi connectivity index (χ4n) is 2.86. The Morgan fingerprint density at radius 2 is 2.10 bits per heavy atom. The molecule has 0 aliphatic heterocycles. The van der Waals surface area contributed by atoms with E-state index in [1.807, 2.05) is 6.92 Å². The van der Waals surface area contributed by atoms with E-state index in [1.54, 1.807) is 18.2 Å². The number of nitrogens with two attached hydrogens (primary N) is 1. The van der Waals surface area contributed by atoms with Gasteiger partial charge in [-0.1, -0.05) is 19.8 Å². The molecule has 2 N–H and O–H groups in total. The molecule has 0 spiro atoms. The quantitative estimate of drug-likeness (QED) is 0.867. The van der Waals surface area contributed by atoms with Crippen molar-refractivity contribution in [2.24, 2.45) is 5.92 Å². The lowest BCUT2D eigenvalue weighted by molar-refractivity contribution is 0.339. The van der Waals surface area contributed by atoms with Gasteiger partial charge in [0.1, 0.15) is 5.75 Å². The van der Waals surface area contributed by atoms with Gasteiger partial charge in [-0.2, -0.15) is 0 Å². The van der Waals surface area contributed by atoms with Crippen LogP contribution in [0.1, 0.15) is 39.5 Å². The highest BCUT2D eigenvalue weighted by Gasteiger charge is 2.33. The smallest absolute Gasteiger partial charge is 0.183 e. The molecule has 1 aliphatic rings. The summed E-state index contributed by atoms with van der Waals surface area (Å²) in [5.74, 6) is 1.02. The summed E-state index contributed by atoms with van der Waals surface area (Å²) >= 11 is 0. The molecule has 1 aromatic carbocycles. The van der Waals surface area contributed by atoms with Crippen molar-refractivity contribution in [1.29, 1.82) is 0 Å². The van der Waals surface area contributed by atoms with E-state index < -0.39 is 9.84 Å². The summed E-state index contributed by atoms with van der Waals surface area (Å²) in [5, 5.41) is -0.314. The maximum absolute atomic E-state index is 12.8. The molecule has 0 radical (unpaired) electrons. The molecule has 4 nitrogen and oxygen atoms in total. The summed E-state index contributed by atoms with van der Waals surface area (Å²) in [6.07, 6.45) is 3.53. The normalized spacial score (nSPS) is 23.5. The molecular formula is C15H23NO3S. The first-order chi connectivity index (χ1) is 9.45. The topological polar surface area (TPSA) is 69.4 Å². The Morgan fingerprint density at radius 1 is 1.35 bits per heavy atom. The van der Waals surface area contributed by atoms with Crippen LogP contribution in [0, 0.1) is 5.92 Å². The molecule has 2 atom stereocenters. The lowest BCUT2D eigenvalue weighted by Crippen LogP contribution is -2.28. The number of anilines is 1. The average Bonchev–Trinajstić information content (AvgIpc) is 2.41. The molecule has 112 valence electrons. The molecule has 0 saturated heterocycles. The van der Waals surface area contributed by atoms with E-state index in [-0.39, 0.29) is 10.1 Å². The predicted octanol–water partition coefficient (Wildman–Crippen LogP) is 3.02. The lowest BCUT2D eigenvalue weighted by atomic mass is 9.91. The molecule has 5 heteroatoms. The third-order valence-corrected chi connectivity index (χ3v) is 6.20. The first kappa shape index (κ1) is 15.2. The van der Waals surface area contributed by atoms with E-state index in [2.05, 4.69) is 6.92 Å². The highest BCUT2D eigenvalue weighted by Crippen LogP contribution is 2.35. The van der Waals surface area contributed by atoms with Gasteiger partial charge in [0.15, 0.2) is 9.84 Å². The number of hydrogen-bond donors (Lipinski definition) is 1. The number of ether oxygens (including phenoxy) is 1. The Kier molecular flexibility index (Phi) is 4.58. The molecule has 1 aliphatic carbocycles. The van der Waals surface area contributed by atoms with Gasteiger partial charge < -0.3 is 10.5 Å².